The molecule has 0 unspecified atom stereocenters. The van der Waals surface area contributed by atoms with Crippen molar-refractivity contribution in [2.24, 2.45) is 5.73 Å². The van der Waals surface area contributed by atoms with Gasteiger partial charge in [0, 0.05) is 16.3 Å². The molecule has 0 bridgehead atoms. The van der Waals surface area contributed by atoms with Gasteiger partial charge in [0.25, 0.3) is 5.91 Å². The second-order valence-corrected chi connectivity index (χ2v) is 6.61. The highest BCUT2D eigenvalue weighted by atomic mass is 32.1. The molecule has 2 amide bonds. The summed E-state index contributed by atoms with van der Waals surface area (Å²) in [4.78, 5) is 31.5. The van der Waals surface area contributed by atoms with Gasteiger partial charge in [-0.05, 0) is 18.2 Å². The second-order valence-electron chi connectivity index (χ2n) is 5.04. The highest BCUT2D eigenvalue weighted by Crippen LogP contribution is 2.19. The third-order valence-electron chi connectivity index (χ3n) is 3.09. The van der Waals surface area contributed by atoms with E-state index in [0.29, 0.717) is 28.7 Å². The maximum Gasteiger partial charge on any atom is 0.257 e. The summed E-state index contributed by atoms with van der Waals surface area (Å²) in [6, 6.07) is 6.85. The summed E-state index contributed by atoms with van der Waals surface area (Å²) < 4.78 is 5.64. The van der Waals surface area contributed by atoms with Gasteiger partial charge in [0.05, 0.1) is 23.3 Å². The fraction of sp³-hybridized carbons (Fsp3) is 0.125. The molecule has 2 heterocycles. The standard InChI is InChI=1S/C16H14N4O3S2/c17-14(21)5-11-8-25-16(19-11)20-15(22)10-2-1-3-13(4-10)23-6-12-7-24-9-18-12/h1-4,7-9H,5-6H2,(H2,17,21)(H,19,20,22). The molecule has 0 aliphatic heterocycles. The van der Waals surface area contributed by atoms with Crippen LogP contribution in [0.4, 0.5) is 5.13 Å². The number of nitrogens with zero attached hydrogens (tertiary/aromatic N) is 2. The van der Waals surface area contributed by atoms with Crippen LogP contribution in [-0.4, -0.2) is 21.8 Å². The van der Waals surface area contributed by atoms with Crippen molar-refractivity contribution in [2.75, 3.05) is 5.32 Å². The van der Waals surface area contributed by atoms with Crippen LogP contribution in [0.2, 0.25) is 0 Å². The molecule has 7 nitrogen and oxygen atoms in total. The van der Waals surface area contributed by atoms with Gasteiger partial charge in [-0.1, -0.05) is 6.07 Å². The lowest BCUT2D eigenvalue weighted by atomic mass is 10.2. The molecule has 25 heavy (non-hydrogen) atoms. The van der Waals surface area contributed by atoms with Crippen LogP contribution in [0.5, 0.6) is 5.75 Å². The van der Waals surface area contributed by atoms with E-state index in [1.165, 1.54) is 22.7 Å². The molecule has 9 heteroatoms. The van der Waals surface area contributed by atoms with Gasteiger partial charge in [-0.15, -0.1) is 22.7 Å². The van der Waals surface area contributed by atoms with E-state index in [1.54, 1.807) is 35.2 Å². The van der Waals surface area contributed by atoms with Crippen LogP contribution in [0.15, 0.2) is 40.5 Å². The Morgan fingerprint density at radius 3 is 2.88 bits per heavy atom. The van der Waals surface area contributed by atoms with E-state index in [9.17, 15) is 9.59 Å². The van der Waals surface area contributed by atoms with Gasteiger partial charge in [0.15, 0.2) is 5.13 Å². The van der Waals surface area contributed by atoms with Crippen LogP contribution < -0.4 is 15.8 Å². The van der Waals surface area contributed by atoms with Crippen molar-refractivity contribution in [1.29, 1.82) is 0 Å². The Kier molecular flexibility index (Phi) is 5.36. The molecule has 3 rings (SSSR count). The van der Waals surface area contributed by atoms with Crippen molar-refractivity contribution in [1.82, 2.24) is 9.97 Å². The minimum atomic E-state index is -0.465. The van der Waals surface area contributed by atoms with E-state index in [4.69, 9.17) is 10.5 Å². The van der Waals surface area contributed by atoms with Crippen molar-refractivity contribution in [3.05, 3.63) is 57.5 Å². The van der Waals surface area contributed by atoms with Crippen molar-refractivity contribution < 1.29 is 14.3 Å². The van der Waals surface area contributed by atoms with E-state index in [2.05, 4.69) is 15.3 Å². The first-order chi connectivity index (χ1) is 12.1. The molecule has 0 atom stereocenters. The Morgan fingerprint density at radius 1 is 1.24 bits per heavy atom. The first-order valence-corrected chi connectivity index (χ1v) is 9.06. The summed E-state index contributed by atoms with van der Waals surface area (Å²) in [7, 11) is 0. The summed E-state index contributed by atoms with van der Waals surface area (Å²) in [5.41, 5.74) is 8.69. The van der Waals surface area contributed by atoms with Crippen molar-refractivity contribution in [3.8, 4) is 5.75 Å². The SMILES string of the molecule is NC(=O)Cc1csc(NC(=O)c2cccc(OCc3cscn3)c2)n1. The molecule has 1 aromatic carbocycles. The fourth-order valence-electron chi connectivity index (χ4n) is 1.99. The predicted octanol–water partition coefficient (Wildman–Crippen LogP) is 2.46. The number of amides is 2. The molecular formula is C16H14N4O3S2. The molecule has 0 radical (unpaired) electrons. The number of ether oxygens (including phenoxy) is 1. The van der Waals surface area contributed by atoms with Gasteiger partial charge in [-0.25, -0.2) is 9.97 Å². The minimum absolute atomic E-state index is 0.0479. The third-order valence-corrected chi connectivity index (χ3v) is 4.54. The average Bonchev–Trinajstić information content (AvgIpc) is 3.25. The van der Waals surface area contributed by atoms with Gasteiger partial charge >= 0.3 is 0 Å². The number of nitrogens with one attached hydrogen (secondary N) is 1. The molecule has 0 aliphatic carbocycles. The van der Waals surface area contributed by atoms with Gasteiger partial charge in [0.1, 0.15) is 12.4 Å². The van der Waals surface area contributed by atoms with E-state index >= 15 is 0 Å². The molecule has 128 valence electrons. The number of hydrogen-bond donors (Lipinski definition) is 2. The lowest BCUT2D eigenvalue weighted by Crippen LogP contribution is -2.14. The highest BCUT2D eigenvalue weighted by Gasteiger charge is 2.11. The quantitative estimate of drug-likeness (QED) is 0.660. The second kappa shape index (κ2) is 7.86. The number of rotatable bonds is 7. The van der Waals surface area contributed by atoms with Crippen molar-refractivity contribution in [2.45, 2.75) is 13.0 Å². The van der Waals surface area contributed by atoms with Crippen molar-refractivity contribution in [3.63, 3.8) is 0 Å². The van der Waals surface area contributed by atoms with Crippen LogP contribution in [0.25, 0.3) is 0 Å². The normalized spacial score (nSPS) is 10.4. The van der Waals surface area contributed by atoms with Crippen LogP contribution in [0.3, 0.4) is 0 Å². The maximum absolute atomic E-state index is 12.3. The number of aromatic nitrogens is 2. The monoisotopic (exact) mass is 374 g/mol. The Morgan fingerprint density at radius 2 is 2.12 bits per heavy atom. The molecular weight excluding hydrogens is 360 g/mol. The van der Waals surface area contributed by atoms with E-state index in [1.807, 2.05) is 5.38 Å². The average molecular weight is 374 g/mol. The van der Waals surface area contributed by atoms with E-state index < -0.39 is 5.91 Å². The predicted molar refractivity (Wildman–Crippen MR) is 95.9 cm³/mol. The van der Waals surface area contributed by atoms with Gasteiger partial charge in [-0.2, -0.15) is 0 Å². The number of benzene rings is 1. The van der Waals surface area contributed by atoms with Crippen LogP contribution in [0.1, 0.15) is 21.7 Å². The zero-order valence-corrected chi connectivity index (χ0v) is 14.6. The summed E-state index contributed by atoms with van der Waals surface area (Å²) in [5, 5.41) is 6.70. The van der Waals surface area contributed by atoms with Crippen LogP contribution in [0, 0.1) is 0 Å². The fourth-order valence-corrected chi connectivity index (χ4v) is 3.23. The number of primary amides is 1. The van der Waals surface area contributed by atoms with E-state index in [-0.39, 0.29) is 12.3 Å². The van der Waals surface area contributed by atoms with Crippen LogP contribution >= 0.6 is 22.7 Å². The molecule has 2 aromatic heterocycles. The van der Waals surface area contributed by atoms with E-state index in [0.717, 1.165) is 5.69 Å². The Hall–Kier alpha value is -2.78. The molecule has 0 aliphatic rings. The molecule has 3 N–H and O–H groups in total. The summed E-state index contributed by atoms with van der Waals surface area (Å²) in [6.45, 7) is 0.345. The Balaban J connectivity index is 1.62. The zero-order valence-electron chi connectivity index (χ0n) is 13.0. The van der Waals surface area contributed by atoms with Crippen LogP contribution in [-0.2, 0) is 17.8 Å². The lowest BCUT2D eigenvalue weighted by molar-refractivity contribution is -0.117. The molecule has 0 spiro atoms. The molecule has 0 saturated carbocycles. The number of anilines is 1. The lowest BCUT2D eigenvalue weighted by Gasteiger charge is -2.06. The number of carbonyl (C=O) groups excluding carboxylic acids is 2. The topological polar surface area (TPSA) is 107 Å². The summed E-state index contributed by atoms with van der Waals surface area (Å²) in [5.74, 6) is -0.193. The highest BCUT2D eigenvalue weighted by molar-refractivity contribution is 7.14. The zero-order chi connectivity index (χ0) is 17.6. The van der Waals surface area contributed by atoms with Gasteiger partial charge in [0.2, 0.25) is 5.91 Å². The first kappa shape index (κ1) is 17.1. The molecule has 0 fully saturated rings. The van der Waals surface area contributed by atoms with Gasteiger partial charge in [-0.3, -0.25) is 14.9 Å². The maximum atomic E-state index is 12.3. The summed E-state index contributed by atoms with van der Waals surface area (Å²) >= 11 is 2.74. The number of nitrogens with two attached hydrogens (primary N) is 1. The number of carbonyl (C=O) groups is 2. The van der Waals surface area contributed by atoms with Crippen molar-refractivity contribution >= 4 is 39.6 Å². The molecule has 3 aromatic rings. The largest absolute Gasteiger partial charge is 0.487 e. The summed E-state index contributed by atoms with van der Waals surface area (Å²) in [6.07, 6.45) is 0.0479. The minimum Gasteiger partial charge on any atom is -0.487 e. The number of hydrogen-bond acceptors (Lipinski definition) is 7. The first-order valence-electron chi connectivity index (χ1n) is 7.24. The molecule has 0 saturated heterocycles. The Bertz CT molecular complexity index is 877. The smallest absolute Gasteiger partial charge is 0.257 e. The number of thiazole rings is 2. The van der Waals surface area contributed by atoms with Gasteiger partial charge < -0.3 is 10.5 Å². The third kappa shape index (κ3) is 4.85. The Labute approximate surface area is 151 Å².